The molecule has 0 aliphatic carbocycles. The minimum Gasteiger partial charge on any atom is -0.497 e. The first-order valence-corrected chi connectivity index (χ1v) is 11.5. The van der Waals surface area contributed by atoms with Crippen LogP contribution in [-0.4, -0.2) is 65.9 Å². The van der Waals surface area contributed by atoms with Gasteiger partial charge in [-0.05, 0) is 43.5 Å². The van der Waals surface area contributed by atoms with Crippen molar-refractivity contribution < 1.29 is 42.1 Å². The number of Topliss-reactive ketones (excluding diaryl/α,β-unsaturated/α-hetero) is 1. The summed E-state index contributed by atoms with van der Waals surface area (Å²) in [4.78, 5) is 38.9. The van der Waals surface area contributed by atoms with E-state index in [-0.39, 0.29) is 19.4 Å². The maximum Gasteiger partial charge on any atom is 0.426 e. The highest BCUT2D eigenvalue weighted by Crippen LogP contribution is 2.31. The van der Waals surface area contributed by atoms with E-state index in [0.717, 1.165) is 5.56 Å². The average Bonchev–Trinajstić information content (AvgIpc) is 3.61. The summed E-state index contributed by atoms with van der Waals surface area (Å²) in [6.07, 6.45) is -5.38. The topological polar surface area (TPSA) is 117 Å². The van der Waals surface area contributed by atoms with Gasteiger partial charge >= 0.3 is 6.18 Å². The van der Waals surface area contributed by atoms with Gasteiger partial charge in [0.1, 0.15) is 17.4 Å². The summed E-state index contributed by atoms with van der Waals surface area (Å²) in [5.41, 5.74) is -3.58. The Morgan fingerprint density at radius 2 is 1.54 bits per heavy atom. The Balaban J connectivity index is 1.86. The van der Waals surface area contributed by atoms with E-state index in [1.807, 2.05) is 5.32 Å². The summed E-state index contributed by atoms with van der Waals surface area (Å²) in [5, 5.41) is 14.4. The van der Waals surface area contributed by atoms with Crippen LogP contribution in [0.2, 0.25) is 0 Å². The Morgan fingerprint density at radius 3 is 2.05 bits per heavy atom. The molecule has 1 aliphatic heterocycles. The molecule has 0 bridgehead atoms. The number of hydrogen-bond donors (Lipinski definition) is 3. The number of rotatable bonds is 11. The molecule has 2 amide bonds. The van der Waals surface area contributed by atoms with Crippen molar-refractivity contribution in [3.63, 3.8) is 0 Å². The number of methoxy groups -OCH3 is 1. The van der Waals surface area contributed by atoms with E-state index in [0.29, 0.717) is 18.2 Å². The third kappa shape index (κ3) is 6.86. The van der Waals surface area contributed by atoms with Crippen molar-refractivity contribution in [1.82, 2.24) is 10.6 Å². The average molecular weight is 523 g/mol. The van der Waals surface area contributed by atoms with Crippen molar-refractivity contribution in [1.29, 1.82) is 0 Å². The fraction of sp³-hybridized carbons (Fsp3) is 0.423. The molecule has 1 aliphatic rings. The predicted octanol–water partition coefficient (Wildman–Crippen LogP) is 2.12. The number of ketones is 1. The Hall–Kier alpha value is -3.44. The van der Waals surface area contributed by atoms with Crippen LogP contribution in [0, 0.1) is 0 Å². The molecule has 3 N–H and O–H groups in total. The number of aliphatic hydroxyl groups is 1. The van der Waals surface area contributed by atoms with Crippen LogP contribution in [0.3, 0.4) is 0 Å². The van der Waals surface area contributed by atoms with Crippen molar-refractivity contribution in [2.24, 2.45) is 0 Å². The molecule has 0 aromatic heterocycles. The number of halogens is 3. The van der Waals surface area contributed by atoms with Crippen LogP contribution >= 0.6 is 0 Å². The van der Waals surface area contributed by atoms with Gasteiger partial charge in [-0.15, -0.1) is 0 Å². The molecule has 0 spiro atoms. The van der Waals surface area contributed by atoms with Gasteiger partial charge in [0.05, 0.1) is 19.8 Å². The molecule has 11 heteroatoms. The molecule has 1 unspecified atom stereocenters. The van der Waals surface area contributed by atoms with Crippen LogP contribution in [0.1, 0.15) is 25.0 Å². The summed E-state index contributed by atoms with van der Waals surface area (Å²) in [7, 11) is 1.46. The SMILES string of the molecule is COc1ccc(C[C@H](NC(=O)C(C)(O)C(F)(F)F)C(=O)N[C@@H](Cc2ccccc2)C(=O)[C@@]2(C)CO2)cc1. The molecule has 0 saturated carbocycles. The highest BCUT2D eigenvalue weighted by Gasteiger charge is 2.56. The zero-order valence-electron chi connectivity index (χ0n) is 20.6. The maximum absolute atomic E-state index is 13.3. The lowest BCUT2D eigenvalue weighted by Crippen LogP contribution is -2.61. The second-order valence-electron chi connectivity index (χ2n) is 9.28. The number of amides is 2. The quantitative estimate of drug-likeness (QED) is 0.390. The van der Waals surface area contributed by atoms with E-state index in [9.17, 15) is 32.7 Å². The van der Waals surface area contributed by atoms with Crippen LogP contribution in [0.5, 0.6) is 5.75 Å². The summed E-state index contributed by atoms with van der Waals surface area (Å²) in [6, 6.07) is 12.6. The Morgan fingerprint density at radius 1 is 1.00 bits per heavy atom. The fourth-order valence-electron chi connectivity index (χ4n) is 3.58. The lowest BCUT2D eigenvalue weighted by atomic mass is 9.94. The normalized spacial score (nSPS) is 20.2. The number of epoxide rings is 1. The molecule has 37 heavy (non-hydrogen) atoms. The van der Waals surface area contributed by atoms with E-state index in [4.69, 9.17) is 9.47 Å². The molecule has 4 atom stereocenters. The molecule has 1 heterocycles. The lowest BCUT2D eigenvalue weighted by molar-refractivity contribution is -0.245. The molecular formula is C26H29F3N2O6. The summed E-state index contributed by atoms with van der Waals surface area (Å²) in [6.45, 7) is 2.06. The maximum atomic E-state index is 13.3. The molecule has 1 saturated heterocycles. The van der Waals surface area contributed by atoms with Gasteiger partial charge in [-0.1, -0.05) is 42.5 Å². The highest BCUT2D eigenvalue weighted by molar-refractivity contribution is 5.98. The van der Waals surface area contributed by atoms with Crippen LogP contribution in [0.25, 0.3) is 0 Å². The van der Waals surface area contributed by atoms with E-state index >= 15 is 0 Å². The number of hydrogen-bond acceptors (Lipinski definition) is 6. The third-order valence-electron chi connectivity index (χ3n) is 6.23. The van der Waals surface area contributed by atoms with Gasteiger partial charge in [0.15, 0.2) is 5.78 Å². The number of nitrogens with one attached hydrogen (secondary N) is 2. The van der Waals surface area contributed by atoms with E-state index in [1.54, 1.807) is 61.5 Å². The number of carbonyl (C=O) groups excluding carboxylic acids is 3. The van der Waals surface area contributed by atoms with E-state index < -0.39 is 47.1 Å². The minimum absolute atomic E-state index is 0.105. The van der Waals surface area contributed by atoms with Crippen molar-refractivity contribution in [3.05, 3.63) is 65.7 Å². The van der Waals surface area contributed by atoms with Crippen LogP contribution in [-0.2, 0) is 32.0 Å². The largest absolute Gasteiger partial charge is 0.497 e. The first-order chi connectivity index (χ1) is 17.3. The van der Waals surface area contributed by atoms with Gasteiger partial charge in [0, 0.05) is 6.42 Å². The zero-order valence-corrected chi connectivity index (χ0v) is 20.6. The number of benzene rings is 2. The molecule has 200 valence electrons. The van der Waals surface area contributed by atoms with Crippen molar-refractivity contribution in [2.75, 3.05) is 13.7 Å². The molecule has 2 aromatic carbocycles. The lowest BCUT2D eigenvalue weighted by Gasteiger charge is -2.29. The van der Waals surface area contributed by atoms with Gasteiger partial charge in [-0.25, -0.2) is 0 Å². The van der Waals surface area contributed by atoms with Gasteiger partial charge in [0.2, 0.25) is 11.5 Å². The van der Waals surface area contributed by atoms with Crippen LogP contribution in [0.4, 0.5) is 13.2 Å². The third-order valence-corrected chi connectivity index (χ3v) is 6.23. The Labute approximate surface area is 212 Å². The number of ether oxygens (including phenoxy) is 2. The molecule has 2 aromatic rings. The summed E-state index contributed by atoms with van der Waals surface area (Å²) >= 11 is 0. The standard InChI is InChI=1S/C26H29F3N2O6/c1-24(15-37-24)21(32)19(13-16-7-5-4-6-8-16)30-22(33)20(14-17-9-11-18(36-3)12-10-17)31-23(34)25(2,35)26(27,28)29/h4-12,19-20,35H,13-15H2,1-3H3,(H,30,33)(H,31,34)/t19-,20-,24+,25?/m0/s1. The zero-order chi connectivity index (χ0) is 27.4. The van der Waals surface area contributed by atoms with Crippen molar-refractivity contribution >= 4 is 17.6 Å². The predicted molar refractivity (Wildman–Crippen MR) is 127 cm³/mol. The van der Waals surface area contributed by atoms with Gasteiger partial charge in [-0.3, -0.25) is 14.4 Å². The molecule has 8 nitrogen and oxygen atoms in total. The molecule has 0 radical (unpaired) electrons. The minimum atomic E-state index is -5.28. The number of carbonyl (C=O) groups is 3. The fourth-order valence-corrected chi connectivity index (χ4v) is 3.58. The van der Waals surface area contributed by atoms with Crippen molar-refractivity contribution in [3.8, 4) is 5.75 Å². The number of alkyl halides is 3. The van der Waals surface area contributed by atoms with E-state index in [1.165, 1.54) is 7.11 Å². The smallest absolute Gasteiger partial charge is 0.426 e. The molecule has 3 rings (SSSR count). The van der Waals surface area contributed by atoms with E-state index in [2.05, 4.69) is 5.32 Å². The highest BCUT2D eigenvalue weighted by atomic mass is 19.4. The first-order valence-electron chi connectivity index (χ1n) is 11.5. The Kier molecular flexibility index (Phi) is 8.28. The van der Waals surface area contributed by atoms with Crippen LogP contribution < -0.4 is 15.4 Å². The monoisotopic (exact) mass is 522 g/mol. The second-order valence-corrected chi connectivity index (χ2v) is 9.28. The van der Waals surface area contributed by atoms with Crippen molar-refractivity contribution in [2.45, 2.75) is 56.2 Å². The second kappa shape index (κ2) is 10.9. The Bertz CT molecular complexity index is 1120. The van der Waals surface area contributed by atoms with Gasteiger partial charge in [0.25, 0.3) is 5.91 Å². The first kappa shape index (κ1) is 28.1. The van der Waals surface area contributed by atoms with Gasteiger partial charge < -0.3 is 25.2 Å². The summed E-state index contributed by atoms with van der Waals surface area (Å²) < 4.78 is 50.1. The molecular weight excluding hydrogens is 493 g/mol. The summed E-state index contributed by atoms with van der Waals surface area (Å²) in [5.74, 6) is -2.57. The molecule has 1 fully saturated rings. The van der Waals surface area contributed by atoms with Gasteiger partial charge in [-0.2, -0.15) is 13.2 Å². The van der Waals surface area contributed by atoms with Crippen LogP contribution in [0.15, 0.2) is 54.6 Å².